The lowest BCUT2D eigenvalue weighted by Gasteiger charge is -2.38. The van der Waals surface area contributed by atoms with E-state index in [-0.39, 0.29) is 17.4 Å². The predicted octanol–water partition coefficient (Wildman–Crippen LogP) is -0.491. The van der Waals surface area contributed by atoms with Gasteiger partial charge in [0.1, 0.15) is 6.04 Å². The summed E-state index contributed by atoms with van der Waals surface area (Å²) in [5.41, 5.74) is 5.73. The van der Waals surface area contributed by atoms with Crippen LogP contribution >= 0.6 is 0 Å². The van der Waals surface area contributed by atoms with Gasteiger partial charge in [0, 0.05) is 19.0 Å². The number of amides is 2. The molecule has 0 saturated heterocycles. The Balaban J connectivity index is 2.25. The molecular formula is C10H19N3O2. The summed E-state index contributed by atoms with van der Waals surface area (Å²) >= 11 is 0. The summed E-state index contributed by atoms with van der Waals surface area (Å²) in [5, 5.41) is 5.27. The van der Waals surface area contributed by atoms with Gasteiger partial charge >= 0.3 is 0 Å². The molecular weight excluding hydrogens is 194 g/mol. The van der Waals surface area contributed by atoms with Crippen LogP contribution in [-0.2, 0) is 9.59 Å². The Morgan fingerprint density at radius 3 is 2.47 bits per heavy atom. The van der Waals surface area contributed by atoms with Crippen LogP contribution in [-0.4, -0.2) is 29.9 Å². The Hall–Kier alpha value is -1.10. The van der Waals surface area contributed by atoms with Crippen molar-refractivity contribution in [3.05, 3.63) is 0 Å². The van der Waals surface area contributed by atoms with Gasteiger partial charge in [0.05, 0.1) is 0 Å². The molecule has 1 atom stereocenters. The van der Waals surface area contributed by atoms with Crippen molar-refractivity contribution < 1.29 is 9.59 Å². The fourth-order valence-electron chi connectivity index (χ4n) is 1.59. The second kappa shape index (κ2) is 4.61. The van der Waals surface area contributed by atoms with Crippen molar-refractivity contribution in [1.29, 1.82) is 0 Å². The number of rotatable bonds is 4. The van der Waals surface area contributed by atoms with Crippen LogP contribution in [0.15, 0.2) is 0 Å². The third-order valence-corrected chi connectivity index (χ3v) is 2.78. The molecule has 1 saturated carbocycles. The predicted molar refractivity (Wildman–Crippen MR) is 57.1 cm³/mol. The highest BCUT2D eigenvalue weighted by Gasteiger charge is 2.32. The zero-order valence-corrected chi connectivity index (χ0v) is 9.30. The van der Waals surface area contributed by atoms with Gasteiger partial charge < -0.3 is 16.4 Å². The van der Waals surface area contributed by atoms with Crippen molar-refractivity contribution in [2.24, 2.45) is 5.73 Å². The van der Waals surface area contributed by atoms with Crippen molar-refractivity contribution in [1.82, 2.24) is 10.6 Å². The molecule has 5 nitrogen and oxygen atoms in total. The second-order valence-electron chi connectivity index (χ2n) is 4.36. The molecule has 5 heteroatoms. The van der Waals surface area contributed by atoms with Gasteiger partial charge in [0.15, 0.2) is 0 Å². The fraction of sp³-hybridized carbons (Fsp3) is 0.800. The summed E-state index contributed by atoms with van der Waals surface area (Å²) in [6, 6.07) is -0.494. The van der Waals surface area contributed by atoms with Gasteiger partial charge in [-0.2, -0.15) is 0 Å². The molecule has 1 unspecified atom stereocenters. The van der Waals surface area contributed by atoms with Crippen LogP contribution in [0.4, 0.5) is 0 Å². The normalized spacial score (nSPS) is 19.9. The standard InChI is InChI=1S/C10H19N3O2/c1-7(13-8(2)14)9(15)12-6-10(11)4-3-5-10/h7H,3-6,11H2,1-2H3,(H,12,15)(H,13,14). The molecule has 0 bridgehead atoms. The number of carbonyl (C=O) groups is 2. The van der Waals surface area contributed by atoms with Crippen molar-refractivity contribution in [2.45, 2.75) is 44.7 Å². The highest BCUT2D eigenvalue weighted by atomic mass is 16.2. The summed E-state index contributed by atoms with van der Waals surface area (Å²) in [5.74, 6) is -0.384. The maximum atomic E-state index is 11.5. The third kappa shape index (κ3) is 3.51. The van der Waals surface area contributed by atoms with E-state index in [2.05, 4.69) is 10.6 Å². The Kier molecular flexibility index (Phi) is 3.68. The molecule has 1 aliphatic rings. The van der Waals surface area contributed by atoms with Crippen LogP contribution in [0.3, 0.4) is 0 Å². The molecule has 0 aromatic rings. The first-order chi connectivity index (χ1) is 6.93. The molecule has 1 rings (SSSR count). The van der Waals surface area contributed by atoms with Crippen LogP contribution in [0.25, 0.3) is 0 Å². The lowest BCUT2D eigenvalue weighted by Crippen LogP contribution is -2.57. The van der Waals surface area contributed by atoms with E-state index >= 15 is 0 Å². The monoisotopic (exact) mass is 213 g/mol. The smallest absolute Gasteiger partial charge is 0.242 e. The van der Waals surface area contributed by atoms with Crippen LogP contribution in [0, 0.1) is 0 Å². The lowest BCUT2D eigenvalue weighted by molar-refractivity contribution is -0.127. The van der Waals surface area contributed by atoms with E-state index in [1.165, 1.54) is 6.92 Å². The molecule has 2 amide bonds. The third-order valence-electron chi connectivity index (χ3n) is 2.78. The summed E-state index contributed by atoms with van der Waals surface area (Å²) in [7, 11) is 0. The first kappa shape index (κ1) is 12.0. The SMILES string of the molecule is CC(=O)NC(C)C(=O)NCC1(N)CCC1. The number of carbonyl (C=O) groups excluding carboxylic acids is 2. The van der Waals surface area contributed by atoms with Gasteiger partial charge in [-0.05, 0) is 26.2 Å². The Morgan fingerprint density at radius 2 is 2.07 bits per heavy atom. The number of nitrogens with two attached hydrogens (primary N) is 1. The maximum absolute atomic E-state index is 11.5. The van der Waals surface area contributed by atoms with Gasteiger partial charge in [-0.15, -0.1) is 0 Å². The quantitative estimate of drug-likeness (QED) is 0.589. The Bertz CT molecular complexity index is 261. The maximum Gasteiger partial charge on any atom is 0.242 e. The van der Waals surface area contributed by atoms with Crippen LogP contribution in [0.1, 0.15) is 33.1 Å². The van der Waals surface area contributed by atoms with E-state index in [1.807, 2.05) is 0 Å². The summed E-state index contributed by atoms with van der Waals surface area (Å²) in [6.45, 7) is 3.54. The van der Waals surface area contributed by atoms with Gasteiger partial charge in [0.2, 0.25) is 11.8 Å². The van der Waals surface area contributed by atoms with E-state index in [4.69, 9.17) is 5.73 Å². The van der Waals surface area contributed by atoms with Crippen LogP contribution in [0.2, 0.25) is 0 Å². The average molecular weight is 213 g/mol. The molecule has 0 radical (unpaired) electrons. The molecule has 1 fully saturated rings. The minimum atomic E-state index is -0.494. The molecule has 0 aromatic carbocycles. The zero-order chi connectivity index (χ0) is 11.5. The molecule has 0 aromatic heterocycles. The molecule has 0 aliphatic heterocycles. The average Bonchev–Trinajstić information content (AvgIpc) is 2.10. The molecule has 4 N–H and O–H groups in total. The summed E-state index contributed by atoms with van der Waals surface area (Å²) in [4.78, 5) is 22.2. The Morgan fingerprint density at radius 1 is 1.47 bits per heavy atom. The van der Waals surface area contributed by atoms with E-state index in [0.717, 1.165) is 19.3 Å². The zero-order valence-electron chi connectivity index (χ0n) is 9.30. The second-order valence-corrected chi connectivity index (χ2v) is 4.36. The molecule has 0 spiro atoms. The largest absolute Gasteiger partial charge is 0.352 e. The first-order valence-electron chi connectivity index (χ1n) is 5.27. The van der Waals surface area contributed by atoms with Crippen molar-refractivity contribution in [2.75, 3.05) is 6.54 Å². The minimum absolute atomic E-state index is 0.179. The topological polar surface area (TPSA) is 84.2 Å². The molecule has 15 heavy (non-hydrogen) atoms. The first-order valence-corrected chi connectivity index (χ1v) is 5.27. The van der Waals surface area contributed by atoms with Crippen molar-refractivity contribution >= 4 is 11.8 Å². The van der Waals surface area contributed by atoms with E-state index < -0.39 is 6.04 Å². The van der Waals surface area contributed by atoms with Crippen LogP contribution in [0.5, 0.6) is 0 Å². The molecule has 86 valence electrons. The Labute approximate surface area is 89.8 Å². The fourth-order valence-corrected chi connectivity index (χ4v) is 1.59. The highest BCUT2D eigenvalue weighted by molar-refractivity contribution is 5.86. The molecule has 1 aliphatic carbocycles. The van der Waals surface area contributed by atoms with E-state index in [9.17, 15) is 9.59 Å². The molecule has 0 heterocycles. The minimum Gasteiger partial charge on any atom is -0.352 e. The van der Waals surface area contributed by atoms with Gasteiger partial charge in [0.25, 0.3) is 0 Å². The number of hydrogen-bond donors (Lipinski definition) is 3. The van der Waals surface area contributed by atoms with Crippen molar-refractivity contribution in [3.8, 4) is 0 Å². The summed E-state index contributed by atoms with van der Waals surface area (Å²) < 4.78 is 0. The number of nitrogens with one attached hydrogen (secondary N) is 2. The van der Waals surface area contributed by atoms with Gasteiger partial charge in [-0.25, -0.2) is 0 Å². The van der Waals surface area contributed by atoms with Gasteiger partial charge in [-0.1, -0.05) is 0 Å². The lowest BCUT2D eigenvalue weighted by atomic mass is 9.78. The highest BCUT2D eigenvalue weighted by Crippen LogP contribution is 2.27. The van der Waals surface area contributed by atoms with Crippen molar-refractivity contribution in [3.63, 3.8) is 0 Å². The number of hydrogen-bond acceptors (Lipinski definition) is 3. The van der Waals surface area contributed by atoms with Gasteiger partial charge in [-0.3, -0.25) is 9.59 Å². The van der Waals surface area contributed by atoms with E-state index in [0.29, 0.717) is 6.54 Å². The van der Waals surface area contributed by atoms with E-state index in [1.54, 1.807) is 6.92 Å². The van der Waals surface area contributed by atoms with Crippen LogP contribution < -0.4 is 16.4 Å². The summed E-state index contributed by atoms with van der Waals surface area (Å²) in [6.07, 6.45) is 3.05.